The van der Waals surface area contributed by atoms with Crippen LogP contribution in [-0.4, -0.2) is 17.4 Å². The summed E-state index contributed by atoms with van der Waals surface area (Å²) < 4.78 is 13.7. The highest BCUT2D eigenvalue weighted by molar-refractivity contribution is 7.14. The van der Waals surface area contributed by atoms with Crippen LogP contribution in [0.15, 0.2) is 23.6 Å². The van der Waals surface area contributed by atoms with E-state index in [0.29, 0.717) is 23.9 Å². The number of amides is 1. The molecule has 1 amide bonds. The van der Waals surface area contributed by atoms with Crippen molar-refractivity contribution < 1.29 is 9.18 Å². The molecule has 0 spiro atoms. The van der Waals surface area contributed by atoms with Crippen LogP contribution in [0, 0.1) is 5.82 Å². The lowest BCUT2D eigenvalue weighted by molar-refractivity contribution is -0.116. The molecule has 0 bridgehead atoms. The fourth-order valence-corrected chi connectivity index (χ4v) is 2.93. The third kappa shape index (κ3) is 3.71. The predicted molar refractivity (Wildman–Crippen MR) is 84.6 cm³/mol. The lowest BCUT2D eigenvalue weighted by Crippen LogP contribution is -2.27. The first-order chi connectivity index (χ1) is 10.0. The van der Waals surface area contributed by atoms with Crippen molar-refractivity contribution in [3.05, 3.63) is 40.1 Å². The van der Waals surface area contributed by atoms with Crippen LogP contribution in [0.25, 0.3) is 0 Å². The van der Waals surface area contributed by atoms with E-state index in [-0.39, 0.29) is 10.9 Å². The third-order valence-corrected chi connectivity index (χ3v) is 4.08. The van der Waals surface area contributed by atoms with Gasteiger partial charge in [0.25, 0.3) is 0 Å². The number of benzene rings is 1. The van der Waals surface area contributed by atoms with Gasteiger partial charge in [-0.25, -0.2) is 9.37 Å². The second kappa shape index (κ2) is 6.87. The van der Waals surface area contributed by atoms with E-state index in [4.69, 9.17) is 11.6 Å². The Morgan fingerprint density at radius 2 is 2.29 bits per heavy atom. The first-order valence-corrected chi connectivity index (χ1v) is 7.69. The minimum absolute atomic E-state index is 0.0488. The topological polar surface area (TPSA) is 45.2 Å². The molecule has 0 atom stereocenters. The summed E-state index contributed by atoms with van der Waals surface area (Å²) in [7, 11) is 0. The zero-order valence-electron chi connectivity index (χ0n) is 11.7. The van der Waals surface area contributed by atoms with E-state index in [1.807, 2.05) is 12.3 Å². The number of carbonyl (C=O) groups is 1. The Kier molecular flexibility index (Phi) is 5.14. The lowest BCUT2D eigenvalue weighted by atomic mass is 10.3. The summed E-state index contributed by atoms with van der Waals surface area (Å²) in [4.78, 5) is 17.4. The van der Waals surface area contributed by atoms with Gasteiger partial charge in [-0.1, -0.05) is 17.7 Å². The Morgan fingerprint density at radius 3 is 2.95 bits per heavy atom. The first-order valence-electron chi connectivity index (χ1n) is 6.43. The molecule has 0 aliphatic carbocycles. The normalized spacial score (nSPS) is 10.5. The zero-order chi connectivity index (χ0) is 15.4. The van der Waals surface area contributed by atoms with Crippen molar-refractivity contribution in [1.29, 1.82) is 0 Å². The number of hydrogen-bond acceptors (Lipinski definition) is 4. The number of nitrogens with one attached hydrogen (secondary N) is 1. The Balaban J connectivity index is 2.06. The van der Waals surface area contributed by atoms with Gasteiger partial charge in [0.05, 0.1) is 22.9 Å². The second-order valence-electron chi connectivity index (χ2n) is 4.34. The zero-order valence-corrected chi connectivity index (χ0v) is 13.3. The van der Waals surface area contributed by atoms with Crippen molar-refractivity contribution in [1.82, 2.24) is 4.98 Å². The number of rotatable bonds is 5. The predicted octanol–water partition coefficient (Wildman–Crippen LogP) is 3.92. The number of aromatic nitrogens is 1. The van der Waals surface area contributed by atoms with Gasteiger partial charge in [-0.15, -0.1) is 11.3 Å². The van der Waals surface area contributed by atoms with Crippen molar-refractivity contribution in [2.45, 2.75) is 20.4 Å². The van der Waals surface area contributed by atoms with Gasteiger partial charge in [-0.2, -0.15) is 0 Å². The molecule has 112 valence electrons. The molecule has 0 radical (unpaired) electrons. The number of thiazole rings is 1. The van der Waals surface area contributed by atoms with Gasteiger partial charge in [0.2, 0.25) is 5.91 Å². The van der Waals surface area contributed by atoms with Crippen LogP contribution in [0.4, 0.5) is 15.2 Å². The Morgan fingerprint density at radius 1 is 1.52 bits per heavy atom. The van der Waals surface area contributed by atoms with Gasteiger partial charge in [0.1, 0.15) is 0 Å². The summed E-state index contributed by atoms with van der Waals surface area (Å²) in [5, 5.41) is 5.52. The van der Waals surface area contributed by atoms with E-state index < -0.39 is 5.82 Å². The monoisotopic (exact) mass is 327 g/mol. The average molecular weight is 328 g/mol. The maximum atomic E-state index is 13.7. The van der Waals surface area contributed by atoms with Crippen LogP contribution < -0.4 is 10.2 Å². The van der Waals surface area contributed by atoms with Crippen molar-refractivity contribution >= 4 is 39.7 Å². The van der Waals surface area contributed by atoms with Gasteiger partial charge in [-0.05, 0) is 19.1 Å². The number of hydrogen-bond donors (Lipinski definition) is 1. The molecule has 0 fully saturated rings. The molecule has 4 nitrogen and oxygen atoms in total. The van der Waals surface area contributed by atoms with E-state index in [0.717, 1.165) is 5.69 Å². The summed E-state index contributed by atoms with van der Waals surface area (Å²) >= 11 is 7.11. The summed E-state index contributed by atoms with van der Waals surface area (Å²) in [5.74, 6) is -0.527. The van der Waals surface area contributed by atoms with Crippen LogP contribution in [-0.2, 0) is 11.3 Å². The maximum Gasteiger partial charge on any atom is 0.225 e. The second-order valence-corrected chi connectivity index (χ2v) is 5.58. The van der Waals surface area contributed by atoms with Crippen molar-refractivity contribution in [3.8, 4) is 0 Å². The summed E-state index contributed by atoms with van der Waals surface area (Å²) in [5.41, 5.74) is 1.07. The highest BCUT2D eigenvalue weighted by Gasteiger charge is 2.13. The molecule has 0 unspecified atom stereocenters. The van der Waals surface area contributed by atoms with E-state index in [1.165, 1.54) is 24.3 Å². The summed E-state index contributed by atoms with van der Waals surface area (Å²) in [6.45, 7) is 4.33. The Labute approximate surface area is 131 Å². The van der Waals surface area contributed by atoms with Crippen LogP contribution in [0.3, 0.4) is 0 Å². The third-order valence-electron chi connectivity index (χ3n) is 2.88. The summed E-state index contributed by atoms with van der Waals surface area (Å²) in [6, 6.07) is 4.78. The minimum Gasteiger partial charge on any atom is -0.377 e. The smallest absolute Gasteiger partial charge is 0.225 e. The molecule has 7 heteroatoms. The van der Waals surface area contributed by atoms with Gasteiger partial charge in [0.15, 0.2) is 10.9 Å². The molecule has 0 saturated heterocycles. The lowest BCUT2D eigenvalue weighted by Gasteiger charge is -2.14. The highest BCUT2D eigenvalue weighted by Crippen LogP contribution is 2.24. The SMILES string of the molecule is CCN(C(C)=O)c1nc(CNc2cccc(Cl)c2F)cs1. The van der Waals surface area contributed by atoms with Gasteiger partial charge >= 0.3 is 0 Å². The minimum atomic E-state index is -0.478. The first kappa shape index (κ1) is 15.7. The van der Waals surface area contributed by atoms with E-state index >= 15 is 0 Å². The Bertz CT molecular complexity index is 647. The molecule has 2 rings (SSSR count). The molecule has 0 saturated carbocycles. The molecule has 0 aliphatic rings. The van der Waals surface area contributed by atoms with Gasteiger partial charge in [0, 0.05) is 18.8 Å². The molecule has 2 aromatic rings. The summed E-state index contributed by atoms with van der Waals surface area (Å²) in [6.07, 6.45) is 0. The fourth-order valence-electron chi connectivity index (χ4n) is 1.82. The number of halogens is 2. The van der Waals surface area contributed by atoms with Crippen LogP contribution in [0.2, 0.25) is 5.02 Å². The molecule has 1 aromatic heterocycles. The highest BCUT2D eigenvalue weighted by atomic mass is 35.5. The number of anilines is 2. The van der Waals surface area contributed by atoms with Crippen LogP contribution >= 0.6 is 22.9 Å². The molecular formula is C14H15ClFN3OS. The molecule has 21 heavy (non-hydrogen) atoms. The molecule has 1 heterocycles. The largest absolute Gasteiger partial charge is 0.377 e. The van der Waals surface area contributed by atoms with E-state index in [9.17, 15) is 9.18 Å². The average Bonchev–Trinajstić information content (AvgIpc) is 2.89. The van der Waals surface area contributed by atoms with E-state index in [1.54, 1.807) is 17.0 Å². The van der Waals surface area contributed by atoms with Crippen LogP contribution in [0.5, 0.6) is 0 Å². The van der Waals surface area contributed by atoms with Gasteiger partial charge in [-0.3, -0.25) is 9.69 Å². The standard InChI is InChI=1S/C14H15ClFN3OS/c1-3-19(9(2)20)14-18-10(8-21-14)7-17-12-6-4-5-11(15)13(12)16/h4-6,8,17H,3,7H2,1-2H3. The molecule has 1 aromatic carbocycles. The van der Waals surface area contributed by atoms with Crippen molar-refractivity contribution in [2.75, 3.05) is 16.8 Å². The fraction of sp³-hybridized carbons (Fsp3) is 0.286. The van der Waals surface area contributed by atoms with Crippen molar-refractivity contribution in [2.24, 2.45) is 0 Å². The maximum absolute atomic E-state index is 13.7. The van der Waals surface area contributed by atoms with E-state index in [2.05, 4.69) is 10.3 Å². The van der Waals surface area contributed by atoms with Gasteiger partial charge < -0.3 is 5.32 Å². The molecule has 1 N–H and O–H groups in total. The number of nitrogens with zero attached hydrogens (tertiary/aromatic N) is 2. The molecular weight excluding hydrogens is 313 g/mol. The molecule has 0 aliphatic heterocycles. The Hall–Kier alpha value is -1.66. The van der Waals surface area contributed by atoms with Crippen molar-refractivity contribution in [3.63, 3.8) is 0 Å². The van der Waals surface area contributed by atoms with Crippen LogP contribution in [0.1, 0.15) is 19.5 Å². The number of carbonyl (C=O) groups excluding carboxylic acids is 1. The quantitative estimate of drug-likeness (QED) is 0.905.